The van der Waals surface area contributed by atoms with Crippen molar-refractivity contribution in [1.29, 1.82) is 0 Å². The molecule has 0 radical (unpaired) electrons. The Morgan fingerprint density at radius 2 is 1.33 bits per heavy atom. The van der Waals surface area contributed by atoms with Gasteiger partial charge < -0.3 is 15.8 Å². The minimum Gasteiger partial charge on any atom is -0.456 e. The van der Waals surface area contributed by atoms with Crippen LogP contribution in [0, 0.1) is 6.92 Å². The van der Waals surface area contributed by atoms with Crippen LogP contribution in [0.2, 0.25) is 0 Å². The number of ether oxygens (including phenoxy) is 1. The first kappa shape index (κ1) is 28.6. The zero-order valence-corrected chi connectivity index (χ0v) is 22.8. The number of nitrogens with one attached hydrogen (secondary N) is 1. The Balaban J connectivity index is 0.000000281. The van der Waals surface area contributed by atoms with Crippen LogP contribution in [-0.4, -0.2) is 17.5 Å². The summed E-state index contributed by atoms with van der Waals surface area (Å²) in [6.07, 6.45) is 0. The van der Waals surface area contributed by atoms with E-state index in [-0.39, 0.29) is 23.2 Å². The van der Waals surface area contributed by atoms with Crippen molar-refractivity contribution in [3.8, 4) is 0 Å². The normalized spacial score (nSPS) is 12.1. The van der Waals surface area contributed by atoms with Gasteiger partial charge in [-0.1, -0.05) is 62.7 Å². The molecule has 0 aliphatic rings. The lowest BCUT2D eigenvalue weighted by molar-refractivity contribution is -0.117. The Morgan fingerprint density at radius 3 is 1.81 bits per heavy atom. The van der Waals surface area contributed by atoms with Crippen LogP contribution >= 0.6 is 0 Å². The van der Waals surface area contributed by atoms with E-state index in [1.807, 2.05) is 58.9 Å². The van der Waals surface area contributed by atoms with Crippen LogP contribution in [-0.2, 0) is 14.9 Å². The number of anilines is 2. The summed E-state index contributed by atoms with van der Waals surface area (Å²) in [5.41, 5.74) is 10.7. The first-order chi connectivity index (χ1) is 16.7. The summed E-state index contributed by atoms with van der Waals surface area (Å²) in [4.78, 5) is 23.9. The second kappa shape index (κ2) is 11.9. The zero-order chi connectivity index (χ0) is 27.1. The number of hydrogen-bond donors (Lipinski definition) is 2. The van der Waals surface area contributed by atoms with E-state index in [4.69, 9.17) is 10.5 Å². The fourth-order valence-corrected chi connectivity index (χ4v) is 3.27. The summed E-state index contributed by atoms with van der Waals surface area (Å²) in [6.45, 7) is 16.0. The number of benzene rings is 3. The molecule has 5 heteroatoms. The van der Waals surface area contributed by atoms with Crippen LogP contribution in [0.4, 0.5) is 11.4 Å². The predicted octanol–water partition coefficient (Wildman–Crippen LogP) is 7.26. The molecule has 0 aromatic heterocycles. The van der Waals surface area contributed by atoms with Gasteiger partial charge >= 0.3 is 5.97 Å². The molecule has 3 N–H and O–H groups in total. The molecule has 0 bridgehead atoms. The number of rotatable bonds is 4. The van der Waals surface area contributed by atoms with Gasteiger partial charge in [0.15, 0.2) is 0 Å². The highest BCUT2D eigenvalue weighted by atomic mass is 16.6. The van der Waals surface area contributed by atoms with Crippen molar-refractivity contribution in [3.05, 3.63) is 95.1 Å². The summed E-state index contributed by atoms with van der Waals surface area (Å²) in [7, 11) is 0. The number of hydrogen-bond acceptors (Lipinski definition) is 4. The van der Waals surface area contributed by atoms with Crippen molar-refractivity contribution >= 4 is 23.3 Å². The first-order valence-electron chi connectivity index (χ1n) is 12.2. The smallest absolute Gasteiger partial charge is 0.338 e. The van der Waals surface area contributed by atoms with Crippen LogP contribution in [0.5, 0.6) is 0 Å². The Kier molecular flexibility index (Phi) is 9.46. The highest BCUT2D eigenvalue weighted by Crippen LogP contribution is 2.25. The average molecular weight is 489 g/mol. The molecule has 1 amide bonds. The molecule has 0 fully saturated rings. The molecule has 1 atom stereocenters. The van der Waals surface area contributed by atoms with E-state index < -0.39 is 5.60 Å². The number of nitrogen functional groups attached to an aromatic ring is 1. The molecule has 192 valence electrons. The second-order valence-corrected chi connectivity index (χ2v) is 11.1. The van der Waals surface area contributed by atoms with E-state index in [9.17, 15) is 9.59 Å². The van der Waals surface area contributed by atoms with E-state index >= 15 is 0 Å². The molecule has 36 heavy (non-hydrogen) atoms. The van der Waals surface area contributed by atoms with Crippen molar-refractivity contribution < 1.29 is 14.3 Å². The molecule has 3 aromatic carbocycles. The molecule has 1 unspecified atom stereocenters. The SMILES string of the molecule is CC(C)(C)OC(=O)c1ccc(N)cc1.Cc1ccc(NC(=O)C(C)c2ccc(C(C)(C)C)cc2)cc1. The maximum absolute atomic E-state index is 12.4. The molecule has 0 aliphatic heterocycles. The summed E-state index contributed by atoms with van der Waals surface area (Å²) < 4.78 is 5.18. The Bertz CT molecular complexity index is 1130. The van der Waals surface area contributed by atoms with E-state index in [0.29, 0.717) is 11.3 Å². The third kappa shape index (κ3) is 9.21. The lowest BCUT2D eigenvalue weighted by atomic mass is 9.85. The van der Waals surface area contributed by atoms with Crippen LogP contribution in [0.3, 0.4) is 0 Å². The third-order valence-electron chi connectivity index (χ3n) is 5.53. The van der Waals surface area contributed by atoms with Crippen molar-refractivity contribution in [2.24, 2.45) is 0 Å². The minimum absolute atomic E-state index is 0.0207. The zero-order valence-electron chi connectivity index (χ0n) is 22.8. The highest BCUT2D eigenvalue weighted by Gasteiger charge is 2.18. The van der Waals surface area contributed by atoms with Crippen molar-refractivity contribution in [3.63, 3.8) is 0 Å². The van der Waals surface area contributed by atoms with E-state index in [1.165, 1.54) is 11.1 Å². The third-order valence-corrected chi connectivity index (χ3v) is 5.53. The standard InChI is InChI=1S/C20H25NO.C11H15NO2/c1-14-6-12-18(13-7-14)21-19(22)15(2)16-8-10-17(11-9-16)20(3,4)5;1-11(2,3)14-10(13)8-4-6-9(12)7-5-8/h6-13,15H,1-5H3,(H,21,22);4-7H,12H2,1-3H3. The van der Waals surface area contributed by atoms with E-state index in [1.54, 1.807) is 24.3 Å². The van der Waals surface area contributed by atoms with Gasteiger partial charge in [0, 0.05) is 11.4 Å². The molecule has 3 rings (SSSR count). The molecular formula is C31H40N2O3. The Hall–Kier alpha value is -3.60. The highest BCUT2D eigenvalue weighted by molar-refractivity contribution is 5.95. The topological polar surface area (TPSA) is 81.4 Å². The second-order valence-electron chi connectivity index (χ2n) is 11.1. The summed E-state index contributed by atoms with van der Waals surface area (Å²) >= 11 is 0. The molecule has 5 nitrogen and oxygen atoms in total. The van der Waals surface area contributed by atoms with Crippen LogP contribution in [0.1, 0.15) is 81.4 Å². The van der Waals surface area contributed by atoms with Crippen LogP contribution in [0.25, 0.3) is 0 Å². The number of aryl methyl sites for hydroxylation is 1. The van der Waals surface area contributed by atoms with Gasteiger partial charge in [0.25, 0.3) is 0 Å². The number of carbonyl (C=O) groups excluding carboxylic acids is 2. The Labute approximate surface area is 216 Å². The van der Waals surface area contributed by atoms with Crippen LogP contribution in [0.15, 0.2) is 72.8 Å². The van der Waals surface area contributed by atoms with Crippen molar-refractivity contribution in [1.82, 2.24) is 0 Å². The van der Waals surface area contributed by atoms with E-state index in [0.717, 1.165) is 11.3 Å². The van der Waals surface area contributed by atoms with E-state index in [2.05, 4.69) is 50.4 Å². The van der Waals surface area contributed by atoms with Crippen molar-refractivity contribution in [2.75, 3.05) is 11.1 Å². The average Bonchev–Trinajstić information content (AvgIpc) is 2.79. The molecule has 0 saturated heterocycles. The Morgan fingerprint density at radius 1 is 0.806 bits per heavy atom. The maximum Gasteiger partial charge on any atom is 0.338 e. The monoisotopic (exact) mass is 488 g/mol. The van der Waals surface area contributed by atoms with Gasteiger partial charge in [-0.25, -0.2) is 4.79 Å². The molecule has 0 saturated carbocycles. The number of nitrogens with two attached hydrogens (primary N) is 1. The van der Waals surface area contributed by atoms with Gasteiger partial charge in [0.1, 0.15) is 5.60 Å². The molecule has 3 aromatic rings. The van der Waals surface area contributed by atoms with Gasteiger partial charge in [-0.15, -0.1) is 0 Å². The fourth-order valence-electron chi connectivity index (χ4n) is 3.27. The number of esters is 1. The van der Waals surface area contributed by atoms with Gasteiger partial charge in [-0.2, -0.15) is 0 Å². The lowest BCUT2D eigenvalue weighted by Gasteiger charge is -2.20. The summed E-state index contributed by atoms with van der Waals surface area (Å²) in [5.74, 6) is -0.472. The first-order valence-corrected chi connectivity index (χ1v) is 12.2. The van der Waals surface area contributed by atoms with Gasteiger partial charge in [0.2, 0.25) is 5.91 Å². The predicted molar refractivity (Wildman–Crippen MR) is 149 cm³/mol. The largest absolute Gasteiger partial charge is 0.456 e. The van der Waals surface area contributed by atoms with Gasteiger partial charge in [0.05, 0.1) is 11.5 Å². The minimum atomic E-state index is -0.460. The number of carbonyl (C=O) groups is 2. The maximum atomic E-state index is 12.4. The van der Waals surface area contributed by atoms with Crippen LogP contribution < -0.4 is 11.1 Å². The molecular weight excluding hydrogens is 448 g/mol. The molecule has 0 heterocycles. The quantitative estimate of drug-likeness (QED) is 0.299. The molecule has 0 spiro atoms. The van der Waals surface area contributed by atoms with Gasteiger partial charge in [-0.3, -0.25) is 4.79 Å². The number of amides is 1. The molecule has 0 aliphatic carbocycles. The summed E-state index contributed by atoms with van der Waals surface area (Å²) in [5, 5.41) is 2.97. The lowest BCUT2D eigenvalue weighted by Crippen LogP contribution is -2.23. The summed E-state index contributed by atoms with van der Waals surface area (Å²) in [6, 6.07) is 22.9. The van der Waals surface area contributed by atoms with Gasteiger partial charge in [-0.05, 0) is 87.6 Å². The van der Waals surface area contributed by atoms with Crippen molar-refractivity contribution in [2.45, 2.75) is 72.3 Å². The fraction of sp³-hybridized carbons (Fsp3) is 0.355.